The van der Waals surface area contributed by atoms with Crippen molar-refractivity contribution in [2.24, 2.45) is 0 Å². The van der Waals surface area contributed by atoms with Gasteiger partial charge in [-0.1, -0.05) is 18.3 Å². The van der Waals surface area contributed by atoms with Gasteiger partial charge in [0, 0.05) is 13.1 Å². The maximum absolute atomic E-state index is 12.6. The van der Waals surface area contributed by atoms with Gasteiger partial charge in [0.1, 0.15) is 0 Å². The molecule has 0 spiro atoms. The smallest absolute Gasteiger partial charge is 0.254 e. The monoisotopic (exact) mass is 318 g/mol. The van der Waals surface area contributed by atoms with Gasteiger partial charge in [0.25, 0.3) is 10.0 Å². The first-order chi connectivity index (χ1) is 9.36. The number of nitrogens with two attached hydrogens (primary N) is 1. The van der Waals surface area contributed by atoms with E-state index in [-0.39, 0.29) is 10.3 Å². The molecule has 0 radical (unpaired) electrons. The molecule has 0 unspecified atom stereocenters. The fourth-order valence-electron chi connectivity index (χ4n) is 2.57. The van der Waals surface area contributed by atoms with Crippen molar-refractivity contribution in [3.63, 3.8) is 0 Å². The van der Waals surface area contributed by atoms with E-state index in [9.17, 15) is 8.42 Å². The average Bonchev–Trinajstić information content (AvgIpc) is 2.77. The Kier molecular flexibility index (Phi) is 4.68. The summed E-state index contributed by atoms with van der Waals surface area (Å²) in [4.78, 5) is 6.35. The van der Waals surface area contributed by atoms with Gasteiger partial charge in [-0.2, -0.15) is 4.31 Å². The highest BCUT2D eigenvalue weighted by atomic mass is 32.2. The first-order valence-corrected chi connectivity index (χ1v) is 9.05. The van der Waals surface area contributed by atoms with E-state index in [1.165, 1.54) is 4.31 Å². The van der Waals surface area contributed by atoms with E-state index in [4.69, 9.17) is 5.73 Å². The van der Waals surface area contributed by atoms with E-state index in [2.05, 4.69) is 16.8 Å². The van der Waals surface area contributed by atoms with Crippen LogP contribution in [0, 0.1) is 6.92 Å². The predicted octanol–water partition coefficient (Wildman–Crippen LogP) is 1.14. The normalized spacial score (nSPS) is 18.8. The molecule has 0 bridgehead atoms. The molecule has 0 aromatic carbocycles. The summed E-state index contributed by atoms with van der Waals surface area (Å²) in [5.74, 6) is 0. The van der Waals surface area contributed by atoms with Gasteiger partial charge in [-0.25, -0.2) is 13.4 Å². The number of nitrogens with zero attached hydrogens (tertiary/aromatic N) is 3. The Morgan fingerprint density at radius 3 is 2.50 bits per heavy atom. The second-order valence-electron chi connectivity index (χ2n) is 5.11. The van der Waals surface area contributed by atoms with Crippen LogP contribution in [0.15, 0.2) is 4.21 Å². The third-order valence-electron chi connectivity index (χ3n) is 3.90. The molecule has 20 heavy (non-hydrogen) atoms. The van der Waals surface area contributed by atoms with Gasteiger partial charge in [-0.15, -0.1) is 0 Å². The number of thiazole rings is 1. The number of likely N-dealkylation sites (tertiary alicyclic amines) is 1. The molecule has 1 saturated heterocycles. The van der Waals surface area contributed by atoms with Crippen molar-refractivity contribution in [2.45, 2.75) is 36.9 Å². The number of aryl methyl sites for hydroxylation is 1. The molecule has 2 rings (SSSR count). The van der Waals surface area contributed by atoms with Crippen LogP contribution >= 0.6 is 11.3 Å². The van der Waals surface area contributed by atoms with Crippen molar-refractivity contribution in [1.82, 2.24) is 14.2 Å². The molecule has 0 amide bonds. The van der Waals surface area contributed by atoms with E-state index >= 15 is 0 Å². The Hall–Kier alpha value is -0.700. The van der Waals surface area contributed by atoms with Gasteiger partial charge in [0.2, 0.25) is 0 Å². The quantitative estimate of drug-likeness (QED) is 0.900. The van der Waals surface area contributed by atoms with Crippen LogP contribution in [0.4, 0.5) is 5.13 Å². The Morgan fingerprint density at radius 2 is 2.05 bits per heavy atom. The third kappa shape index (κ3) is 2.98. The lowest BCUT2D eigenvalue weighted by atomic mass is 10.1. The summed E-state index contributed by atoms with van der Waals surface area (Å²) in [6, 6.07) is 0.0607. The summed E-state index contributed by atoms with van der Waals surface area (Å²) >= 11 is 1.05. The highest BCUT2D eigenvalue weighted by Gasteiger charge is 2.33. The summed E-state index contributed by atoms with van der Waals surface area (Å²) in [6.45, 7) is 6.74. The third-order valence-corrected chi connectivity index (χ3v) is 7.39. The largest absolute Gasteiger partial charge is 0.375 e. The number of sulfonamides is 1. The maximum Gasteiger partial charge on any atom is 0.254 e. The van der Waals surface area contributed by atoms with Gasteiger partial charge in [0.15, 0.2) is 9.34 Å². The first-order valence-electron chi connectivity index (χ1n) is 6.79. The lowest BCUT2D eigenvalue weighted by Crippen LogP contribution is -2.45. The van der Waals surface area contributed by atoms with Crippen LogP contribution in [0.1, 0.15) is 25.5 Å². The van der Waals surface area contributed by atoms with E-state index in [1.807, 2.05) is 0 Å². The fraction of sp³-hybridized carbons (Fsp3) is 0.750. The number of nitrogen functional groups attached to an aromatic ring is 1. The molecule has 0 aliphatic carbocycles. The summed E-state index contributed by atoms with van der Waals surface area (Å²) < 4.78 is 27.1. The van der Waals surface area contributed by atoms with E-state index in [0.29, 0.717) is 10.8 Å². The van der Waals surface area contributed by atoms with Crippen LogP contribution in [0.3, 0.4) is 0 Å². The fourth-order valence-corrected chi connectivity index (χ4v) is 5.45. The molecule has 2 N–H and O–H groups in total. The Morgan fingerprint density at radius 1 is 1.45 bits per heavy atom. The lowest BCUT2D eigenvalue weighted by Gasteiger charge is -2.35. The molecular formula is C12H22N4O2S2. The van der Waals surface area contributed by atoms with Gasteiger partial charge in [0.05, 0.1) is 5.69 Å². The van der Waals surface area contributed by atoms with Crippen molar-refractivity contribution >= 4 is 26.5 Å². The van der Waals surface area contributed by atoms with Crippen LogP contribution in [-0.2, 0) is 10.0 Å². The number of anilines is 1. The number of piperidine rings is 1. The molecule has 114 valence electrons. The summed E-state index contributed by atoms with van der Waals surface area (Å²) in [6.07, 6.45) is 1.74. The minimum absolute atomic E-state index is 0.0607. The molecule has 1 aliphatic rings. The Bertz CT molecular complexity index is 562. The summed E-state index contributed by atoms with van der Waals surface area (Å²) in [7, 11) is -1.82. The molecule has 2 heterocycles. The molecule has 1 aromatic rings. The number of hydrogen-bond acceptors (Lipinski definition) is 6. The van der Waals surface area contributed by atoms with Gasteiger partial charge < -0.3 is 10.6 Å². The number of rotatable bonds is 4. The van der Waals surface area contributed by atoms with Crippen molar-refractivity contribution in [3.8, 4) is 0 Å². The first kappa shape index (κ1) is 15.7. The molecule has 6 nitrogen and oxygen atoms in total. The Balaban J connectivity index is 2.16. The van der Waals surface area contributed by atoms with Gasteiger partial charge in [-0.3, -0.25) is 0 Å². The molecule has 0 saturated carbocycles. The predicted molar refractivity (Wildman–Crippen MR) is 81.3 cm³/mol. The number of hydrogen-bond donors (Lipinski definition) is 1. The molecule has 1 fully saturated rings. The van der Waals surface area contributed by atoms with Crippen molar-refractivity contribution in [1.29, 1.82) is 0 Å². The van der Waals surface area contributed by atoms with Crippen LogP contribution < -0.4 is 5.73 Å². The lowest BCUT2D eigenvalue weighted by molar-refractivity contribution is 0.176. The molecule has 0 atom stereocenters. The van der Waals surface area contributed by atoms with Crippen LogP contribution in [0.25, 0.3) is 0 Å². The second-order valence-corrected chi connectivity index (χ2v) is 8.34. The summed E-state index contributed by atoms with van der Waals surface area (Å²) in [5.41, 5.74) is 6.10. The van der Waals surface area contributed by atoms with Crippen molar-refractivity contribution in [2.75, 3.05) is 32.4 Å². The van der Waals surface area contributed by atoms with Crippen molar-refractivity contribution in [3.05, 3.63) is 5.69 Å². The zero-order valence-corrected chi connectivity index (χ0v) is 13.8. The molecule has 8 heteroatoms. The van der Waals surface area contributed by atoms with E-state index in [0.717, 1.165) is 43.8 Å². The van der Waals surface area contributed by atoms with Crippen LogP contribution in [0.2, 0.25) is 0 Å². The van der Waals surface area contributed by atoms with E-state index in [1.54, 1.807) is 14.0 Å². The zero-order valence-electron chi connectivity index (χ0n) is 12.2. The Labute approximate surface area is 124 Å². The van der Waals surface area contributed by atoms with Gasteiger partial charge >= 0.3 is 0 Å². The summed E-state index contributed by atoms with van der Waals surface area (Å²) in [5, 5.41) is 0.301. The van der Waals surface area contributed by atoms with Crippen molar-refractivity contribution < 1.29 is 8.42 Å². The van der Waals surface area contributed by atoms with Crippen LogP contribution in [-0.4, -0.2) is 55.3 Å². The van der Waals surface area contributed by atoms with E-state index < -0.39 is 10.0 Å². The van der Waals surface area contributed by atoms with Crippen LogP contribution in [0.5, 0.6) is 0 Å². The standard InChI is InChI=1S/C12H22N4O2S2/c1-4-16-7-5-10(6-8-16)15(3)20(17,18)11-9(2)14-12(13)19-11/h10H,4-8H2,1-3H3,(H2,13,14). The minimum atomic E-state index is -3.48. The highest BCUT2D eigenvalue weighted by Crippen LogP contribution is 2.30. The average molecular weight is 318 g/mol. The molecule has 1 aliphatic heterocycles. The molecule has 1 aromatic heterocycles. The zero-order chi connectivity index (χ0) is 14.9. The maximum atomic E-state index is 12.6. The number of aromatic nitrogens is 1. The second kappa shape index (κ2) is 5.97. The minimum Gasteiger partial charge on any atom is -0.375 e. The molecular weight excluding hydrogens is 296 g/mol. The van der Waals surface area contributed by atoms with Gasteiger partial charge in [-0.05, 0) is 39.4 Å². The SMILES string of the molecule is CCN1CCC(N(C)S(=O)(=O)c2sc(N)nc2C)CC1. The highest BCUT2D eigenvalue weighted by molar-refractivity contribution is 7.91. The topological polar surface area (TPSA) is 79.5 Å².